The Bertz CT molecular complexity index is 764. The van der Waals surface area contributed by atoms with Crippen molar-refractivity contribution in [3.05, 3.63) is 107 Å². The third kappa shape index (κ3) is 2.06. The zero-order valence-electron chi connectivity index (χ0n) is 12.3. The Morgan fingerprint density at radius 1 is 0.545 bits per heavy atom. The number of rotatable bonds is 2. The first-order valence-electron chi connectivity index (χ1n) is 7.73. The Hall–Kier alpha value is -2.38. The molecule has 3 atom stereocenters. The summed E-state index contributed by atoms with van der Waals surface area (Å²) in [7, 11) is 0. The molecule has 1 N–H and O–H groups in total. The molecule has 1 nitrogen and oxygen atoms in total. The highest BCUT2D eigenvalue weighted by Gasteiger charge is 2.41. The van der Waals surface area contributed by atoms with Crippen molar-refractivity contribution in [3.63, 3.8) is 0 Å². The first kappa shape index (κ1) is 13.3. The molecule has 1 aliphatic carbocycles. The summed E-state index contributed by atoms with van der Waals surface area (Å²) in [5.74, 6) is 0.274. The molecule has 0 fully saturated rings. The van der Waals surface area contributed by atoms with E-state index in [1.807, 2.05) is 30.3 Å². The fourth-order valence-corrected chi connectivity index (χ4v) is 3.73. The van der Waals surface area contributed by atoms with E-state index in [2.05, 4.69) is 54.6 Å². The van der Waals surface area contributed by atoms with Gasteiger partial charge in [0.05, 0.1) is 6.10 Å². The number of fused-ring (bicyclic) bond motifs is 1. The van der Waals surface area contributed by atoms with Crippen LogP contribution in [0.2, 0.25) is 0 Å². The van der Waals surface area contributed by atoms with E-state index in [-0.39, 0.29) is 11.8 Å². The van der Waals surface area contributed by atoms with Gasteiger partial charge in [0.15, 0.2) is 0 Å². The minimum absolute atomic E-state index is 0.0704. The molecule has 3 aromatic rings. The topological polar surface area (TPSA) is 20.2 Å². The average Bonchev–Trinajstić information content (AvgIpc) is 2.90. The fourth-order valence-electron chi connectivity index (χ4n) is 3.73. The molecule has 0 saturated heterocycles. The third-order valence-electron chi connectivity index (χ3n) is 4.69. The zero-order chi connectivity index (χ0) is 14.9. The van der Waals surface area contributed by atoms with E-state index < -0.39 is 6.10 Å². The van der Waals surface area contributed by atoms with Crippen LogP contribution in [0.3, 0.4) is 0 Å². The van der Waals surface area contributed by atoms with Crippen LogP contribution in [0.15, 0.2) is 84.9 Å². The van der Waals surface area contributed by atoms with E-state index in [0.29, 0.717) is 0 Å². The Kier molecular flexibility index (Phi) is 3.28. The van der Waals surface area contributed by atoms with Crippen LogP contribution in [0.25, 0.3) is 0 Å². The standard InChI is InChI=1S/C21H18O/c22-21-18-14-8-7-13-17(18)19(15-9-3-1-4-10-15)20(21)16-11-5-2-6-12-16/h1-14,19-22H. The van der Waals surface area contributed by atoms with Gasteiger partial charge < -0.3 is 5.11 Å². The van der Waals surface area contributed by atoms with Crippen molar-refractivity contribution in [2.24, 2.45) is 0 Å². The van der Waals surface area contributed by atoms with Gasteiger partial charge in [-0.3, -0.25) is 0 Å². The van der Waals surface area contributed by atoms with Crippen molar-refractivity contribution in [3.8, 4) is 0 Å². The van der Waals surface area contributed by atoms with Crippen LogP contribution in [0.1, 0.15) is 40.2 Å². The molecule has 0 radical (unpaired) electrons. The Balaban J connectivity index is 1.90. The van der Waals surface area contributed by atoms with Gasteiger partial charge in [0.1, 0.15) is 0 Å². The number of benzene rings is 3. The minimum Gasteiger partial charge on any atom is -0.388 e. The van der Waals surface area contributed by atoms with Gasteiger partial charge in [-0.2, -0.15) is 0 Å². The minimum atomic E-state index is -0.455. The lowest BCUT2D eigenvalue weighted by Gasteiger charge is -2.24. The summed E-state index contributed by atoms with van der Waals surface area (Å²) in [6, 6.07) is 29.2. The predicted molar refractivity (Wildman–Crippen MR) is 88.9 cm³/mol. The maximum atomic E-state index is 10.9. The smallest absolute Gasteiger partial charge is 0.0870 e. The molecule has 0 heterocycles. The maximum absolute atomic E-state index is 10.9. The molecule has 4 rings (SSSR count). The summed E-state index contributed by atoms with van der Waals surface area (Å²) < 4.78 is 0. The molecule has 3 aromatic carbocycles. The Morgan fingerprint density at radius 2 is 1.05 bits per heavy atom. The van der Waals surface area contributed by atoms with E-state index in [1.54, 1.807) is 0 Å². The van der Waals surface area contributed by atoms with Gasteiger partial charge >= 0.3 is 0 Å². The third-order valence-corrected chi connectivity index (χ3v) is 4.69. The molecule has 0 aromatic heterocycles. The van der Waals surface area contributed by atoms with Gasteiger partial charge in [0, 0.05) is 11.8 Å². The Labute approximate surface area is 130 Å². The predicted octanol–water partition coefficient (Wildman–Crippen LogP) is 4.65. The van der Waals surface area contributed by atoms with E-state index in [0.717, 1.165) is 5.56 Å². The zero-order valence-corrected chi connectivity index (χ0v) is 12.3. The maximum Gasteiger partial charge on any atom is 0.0870 e. The van der Waals surface area contributed by atoms with Crippen LogP contribution in [0, 0.1) is 0 Å². The van der Waals surface area contributed by atoms with Crippen LogP contribution >= 0.6 is 0 Å². The second kappa shape index (κ2) is 5.43. The molecule has 0 bridgehead atoms. The summed E-state index contributed by atoms with van der Waals surface area (Å²) in [6.45, 7) is 0. The van der Waals surface area contributed by atoms with Crippen molar-refractivity contribution in [2.45, 2.75) is 17.9 Å². The van der Waals surface area contributed by atoms with Crippen LogP contribution in [0.4, 0.5) is 0 Å². The van der Waals surface area contributed by atoms with Crippen molar-refractivity contribution >= 4 is 0 Å². The van der Waals surface area contributed by atoms with E-state index in [4.69, 9.17) is 0 Å². The molecular formula is C21H18O. The average molecular weight is 286 g/mol. The summed E-state index contributed by atoms with van der Waals surface area (Å²) in [5, 5.41) is 10.9. The normalized spacial score (nSPS) is 23.2. The Morgan fingerprint density at radius 3 is 1.68 bits per heavy atom. The van der Waals surface area contributed by atoms with Crippen molar-refractivity contribution in [1.29, 1.82) is 0 Å². The van der Waals surface area contributed by atoms with E-state index >= 15 is 0 Å². The molecule has 3 unspecified atom stereocenters. The lowest BCUT2D eigenvalue weighted by Crippen LogP contribution is -2.11. The molecule has 1 aliphatic rings. The summed E-state index contributed by atoms with van der Waals surface area (Å²) in [6.07, 6.45) is -0.455. The van der Waals surface area contributed by atoms with Crippen molar-refractivity contribution in [1.82, 2.24) is 0 Å². The van der Waals surface area contributed by atoms with Gasteiger partial charge in [0.25, 0.3) is 0 Å². The summed E-state index contributed by atoms with van der Waals surface area (Å²) in [4.78, 5) is 0. The second-order valence-corrected chi connectivity index (χ2v) is 5.90. The highest BCUT2D eigenvalue weighted by atomic mass is 16.3. The van der Waals surface area contributed by atoms with Crippen LogP contribution in [-0.4, -0.2) is 5.11 Å². The second-order valence-electron chi connectivity index (χ2n) is 5.90. The SMILES string of the molecule is OC1c2ccccc2C(c2ccccc2)C1c1ccccc1. The quantitative estimate of drug-likeness (QED) is 0.727. The summed E-state index contributed by atoms with van der Waals surface area (Å²) >= 11 is 0. The number of aliphatic hydroxyl groups excluding tert-OH is 1. The van der Waals surface area contributed by atoms with Crippen molar-refractivity contribution in [2.75, 3.05) is 0 Å². The molecule has 0 aliphatic heterocycles. The van der Waals surface area contributed by atoms with Gasteiger partial charge in [-0.1, -0.05) is 84.9 Å². The fraction of sp³-hybridized carbons (Fsp3) is 0.143. The molecule has 22 heavy (non-hydrogen) atoms. The number of hydrogen-bond acceptors (Lipinski definition) is 1. The molecule has 108 valence electrons. The molecule has 0 saturated carbocycles. The first-order chi connectivity index (χ1) is 10.9. The van der Waals surface area contributed by atoms with Gasteiger partial charge in [-0.05, 0) is 22.3 Å². The van der Waals surface area contributed by atoms with Gasteiger partial charge in [-0.25, -0.2) is 0 Å². The van der Waals surface area contributed by atoms with Crippen LogP contribution < -0.4 is 0 Å². The van der Waals surface area contributed by atoms with Crippen LogP contribution in [0.5, 0.6) is 0 Å². The molecule has 0 spiro atoms. The first-order valence-corrected chi connectivity index (χ1v) is 7.73. The lowest BCUT2D eigenvalue weighted by molar-refractivity contribution is 0.153. The lowest BCUT2D eigenvalue weighted by atomic mass is 9.81. The van der Waals surface area contributed by atoms with Gasteiger partial charge in [-0.15, -0.1) is 0 Å². The molecule has 1 heteroatoms. The number of hydrogen-bond donors (Lipinski definition) is 1. The van der Waals surface area contributed by atoms with Crippen molar-refractivity contribution < 1.29 is 5.11 Å². The van der Waals surface area contributed by atoms with Gasteiger partial charge in [0.2, 0.25) is 0 Å². The van der Waals surface area contributed by atoms with E-state index in [9.17, 15) is 5.11 Å². The highest BCUT2D eigenvalue weighted by molar-refractivity contribution is 5.49. The molecule has 0 amide bonds. The van der Waals surface area contributed by atoms with Crippen LogP contribution in [-0.2, 0) is 0 Å². The summed E-state index contributed by atoms with van der Waals surface area (Å²) in [5.41, 5.74) is 4.76. The van der Waals surface area contributed by atoms with E-state index in [1.165, 1.54) is 16.7 Å². The number of aliphatic hydroxyl groups is 1. The highest BCUT2D eigenvalue weighted by Crippen LogP contribution is 2.53. The monoisotopic (exact) mass is 286 g/mol. The largest absolute Gasteiger partial charge is 0.388 e. The molecular weight excluding hydrogens is 268 g/mol.